The fourth-order valence-corrected chi connectivity index (χ4v) is 3.39. The summed E-state index contributed by atoms with van der Waals surface area (Å²) < 4.78 is 37.7. The van der Waals surface area contributed by atoms with Crippen molar-refractivity contribution in [3.05, 3.63) is 17.7 Å². The van der Waals surface area contributed by atoms with E-state index in [0.29, 0.717) is 24.6 Å². The lowest BCUT2D eigenvalue weighted by Crippen LogP contribution is -2.26. The first-order valence-corrected chi connectivity index (χ1v) is 9.26. The van der Waals surface area contributed by atoms with Gasteiger partial charge in [-0.2, -0.15) is 11.8 Å². The minimum absolute atomic E-state index is 0.173. The predicted octanol–water partition coefficient (Wildman–Crippen LogP) is 1.06. The van der Waals surface area contributed by atoms with Gasteiger partial charge in [-0.05, 0) is 19.4 Å². The Kier molecular flexibility index (Phi) is 7.30. The average Bonchev–Trinajstić information content (AvgIpc) is 2.46. The predicted molar refractivity (Wildman–Crippen MR) is 85.9 cm³/mol. The summed E-state index contributed by atoms with van der Waals surface area (Å²) in [6.45, 7) is 0.868. The number of methoxy groups -OCH3 is 2. The Hall–Kier alpha value is -0.960. The van der Waals surface area contributed by atoms with Crippen LogP contribution in [0.4, 0.5) is 0 Å². The zero-order chi connectivity index (χ0) is 15.9. The molecule has 1 aromatic carbocycles. The molecule has 0 fully saturated rings. The molecule has 21 heavy (non-hydrogen) atoms. The van der Waals surface area contributed by atoms with Crippen LogP contribution in [0.25, 0.3) is 0 Å². The number of hydrogen-bond donors (Lipinski definition) is 2. The van der Waals surface area contributed by atoms with Gasteiger partial charge in [-0.1, -0.05) is 0 Å². The Bertz CT molecular complexity index is 562. The Morgan fingerprint density at radius 3 is 2.48 bits per heavy atom. The molecule has 2 N–H and O–H groups in total. The summed E-state index contributed by atoms with van der Waals surface area (Å²) in [6.07, 6.45) is 1.93. The van der Waals surface area contributed by atoms with Crippen LogP contribution in [-0.2, 0) is 16.6 Å². The number of ether oxygens (including phenoxy) is 2. The fourth-order valence-electron chi connectivity index (χ4n) is 1.85. The topological polar surface area (TPSA) is 76.7 Å². The van der Waals surface area contributed by atoms with Crippen molar-refractivity contribution < 1.29 is 17.9 Å². The fraction of sp³-hybridized carbons (Fsp3) is 0.538. The highest BCUT2D eigenvalue weighted by Gasteiger charge is 2.20. The van der Waals surface area contributed by atoms with Gasteiger partial charge < -0.3 is 14.8 Å². The minimum atomic E-state index is -3.56. The third-order valence-electron chi connectivity index (χ3n) is 2.81. The number of sulfonamides is 1. The van der Waals surface area contributed by atoms with Crippen molar-refractivity contribution in [1.29, 1.82) is 0 Å². The van der Waals surface area contributed by atoms with Gasteiger partial charge in [0.1, 0.15) is 0 Å². The molecule has 0 amide bonds. The summed E-state index contributed by atoms with van der Waals surface area (Å²) in [4.78, 5) is 0.173. The maximum absolute atomic E-state index is 12.3. The van der Waals surface area contributed by atoms with Gasteiger partial charge >= 0.3 is 0 Å². The van der Waals surface area contributed by atoms with E-state index in [4.69, 9.17) is 9.47 Å². The van der Waals surface area contributed by atoms with E-state index in [1.54, 1.807) is 24.9 Å². The second kappa shape index (κ2) is 8.47. The lowest BCUT2D eigenvalue weighted by atomic mass is 10.2. The third kappa shape index (κ3) is 4.77. The van der Waals surface area contributed by atoms with Crippen LogP contribution < -0.4 is 19.5 Å². The van der Waals surface area contributed by atoms with Crippen LogP contribution >= 0.6 is 11.8 Å². The first-order valence-electron chi connectivity index (χ1n) is 6.38. The SMILES string of the molecule is CNCc1cc(S(=O)(=O)NCCSC)cc(OC)c1OC. The molecule has 0 heterocycles. The molecule has 0 saturated carbocycles. The monoisotopic (exact) mass is 334 g/mol. The molecular formula is C13H22N2O4S2. The third-order valence-corrected chi connectivity index (χ3v) is 4.86. The Morgan fingerprint density at radius 2 is 1.95 bits per heavy atom. The molecule has 0 aliphatic carbocycles. The molecular weight excluding hydrogens is 312 g/mol. The molecule has 0 saturated heterocycles. The lowest BCUT2D eigenvalue weighted by molar-refractivity contribution is 0.350. The number of hydrogen-bond acceptors (Lipinski definition) is 6. The van der Waals surface area contributed by atoms with Crippen molar-refractivity contribution in [1.82, 2.24) is 10.0 Å². The van der Waals surface area contributed by atoms with Gasteiger partial charge in [0.2, 0.25) is 10.0 Å². The molecule has 6 nitrogen and oxygen atoms in total. The second-order valence-electron chi connectivity index (χ2n) is 4.24. The highest BCUT2D eigenvalue weighted by molar-refractivity contribution is 7.98. The molecule has 0 bridgehead atoms. The molecule has 0 aliphatic rings. The first-order chi connectivity index (χ1) is 10.00. The number of rotatable bonds is 9. The van der Waals surface area contributed by atoms with E-state index in [9.17, 15) is 8.42 Å². The highest BCUT2D eigenvalue weighted by atomic mass is 32.2. The largest absolute Gasteiger partial charge is 0.493 e. The quantitative estimate of drug-likeness (QED) is 0.658. The van der Waals surface area contributed by atoms with Gasteiger partial charge in [-0.3, -0.25) is 0 Å². The van der Waals surface area contributed by atoms with Crippen molar-refractivity contribution in [2.45, 2.75) is 11.4 Å². The average molecular weight is 334 g/mol. The summed E-state index contributed by atoms with van der Waals surface area (Å²) in [5, 5.41) is 2.99. The summed E-state index contributed by atoms with van der Waals surface area (Å²) in [5.41, 5.74) is 0.726. The van der Waals surface area contributed by atoms with Gasteiger partial charge in [0.25, 0.3) is 0 Å². The van der Waals surface area contributed by atoms with E-state index in [0.717, 1.165) is 11.3 Å². The van der Waals surface area contributed by atoms with E-state index in [1.165, 1.54) is 20.3 Å². The van der Waals surface area contributed by atoms with E-state index >= 15 is 0 Å². The van der Waals surface area contributed by atoms with Crippen molar-refractivity contribution in [3.63, 3.8) is 0 Å². The van der Waals surface area contributed by atoms with Crippen LogP contribution in [0.1, 0.15) is 5.56 Å². The van der Waals surface area contributed by atoms with Gasteiger partial charge in [0.15, 0.2) is 11.5 Å². The molecule has 1 aromatic rings. The van der Waals surface area contributed by atoms with Crippen LogP contribution in [0.5, 0.6) is 11.5 Å². The molecule has 0 spiro atoms. The van der Waals surface area contributed by atoms with Crippen LogP contribution in [-0.4, -0.2) is 48.2 Å². The van der Waals surface area contributed by atoms with Crippen molar-refractivity contribution in [2.75, 3.05) is 39.8 Å². The summed E-state index contributed by atoms with van der Waals surface area (Å²) >= 11 is 1.58. The maximum atomic E-state index is 12.3. The summed E-state index contributed by atoms with van der Waals surface area (Å²) in [7, 11) is 1.24. The smallest absolute Gasteiger partial charge is 0.240 e. The standard InChI is InChI=1S/C13H22N2O4S2/c1-14-9-10-7-11(8-12(18-2)13(10)19-3)21(16,17)15-5-6-20-4/h7-8,14-15H,5-6,9H2,1-4H3. The van der Waals surface area contributed by atoms with Crippen molar-refractivity contribution in [3.8, 4) is 11.5 Å². The van der Waals surface area contributed by atoms with E-state index in [2.05, 4.69) is 10.0 Å². The highest BCUT2D eigenvalue weighted by Crippen LogP contribution is 2.34. The van der Waals surface area contributed by atoms with E-state index in [1.807, 2.05) is 6.26 Å². The molecule has 120 valence electrons. The number of benzene rings is 1. The Balaban J connectivity index is 3.21. The van der Waals surface area contributed by atoms with E-state index in [-0.39, 0.29) is 4.90 Å². The van der Waals surface area contributed by atoms with E-state index < -0.39 is 10.0 Å². The summed E-state index contributed by atoms with van der Waals surface area (Å²) in [6, 6.07) is 3.07. The zero-order valence-corrected chi connectivity index (χ0v) is 14.4. The van der Waals surface area contributed by atoms with Crippen molar-refractivity contribution in [2.24, 2.45) is 0 Å². The minimum Gasteiger partial charge on any atom is -0.493 e. The van der Waals surface area contributed by atoms with Gasteiger partial charge in [0, 0.05) is 30.5 Å². The van der Waals surface area contributed by atoms with Gasteiger partial charge in [-0.15, -0.1) is 0 Å². The number of nitrogens with one attached hydrogen (secondary N) is 2. The van der Waals surface area contributed by atoms with Crippen LogP contribution in [0.3, 0.4) is 0 Å². The maximum Gasteiger partial charge on any atom is 0.240 e. The van der Waals surface area contributed by atoms with Crippen molar-refractivity contribution >= 4 is 21.8 Å². The molecule has 0 atom stereocenters. The van der Waals surface area contributed by atoms with Crippen LogP contribution in [0.15, 0.2) is 17.0 Å². The van der Waals surface area contributed by atoms with Gasteiger partial charge in [-0.25, -0.2) is 13.1 Å². The molecule has 0 unspecified atom stereocenters. The molecule has 0 aromatic heterocycles. The van der Waals surface area contributed by atoms with Gasteiger partial charge in [0.05, 0.1) is 19.1 Å². The van der Waals surface area contributed by atoms with Crippen LogP contribution in [0, 0.1) is 0 Å². The van der Waals surface area contributed by atoms with Crippen LogP contribution in [0.2, 0.25) is 0 Å². The number of thioether (sulfide) groups is 1. The Labute approximate surface area is 130 Å². The second-order valence-corrected chi connectivity index (χ2v) is 6.99. The normalized spacial score (nSPS) is 11.4. The molecule has 8 heteroatoms. The molecule has 0 radical (unpaired) electrons. The lowest BCUT2D eigenvalue weighted by Gasteiger charge is -2.15. The Morgan fingerprint density at radius 1 is 1.24 bits per heavy atom. The first kappa shape index (κ1) is 18.1. The molecule has 1 rings (SSSR count). The molecule has 0 aliphatic heterocycles. The zero-order valence-electron chi connectivity index (χ0n) is 12.7. The summed E-state index contributed by atoms with van der Waals surface area (Å²) in [5.74, 6) is 1.65.